The van der Waals surface area contributed by atoms with Crippen LogP contribution in [0.3, 0.4) is 0 Å². The number of alkyl halides is 3. The maximum absolute atomic E-state index is 13.6. The molecule has 1 amide bonds. The van der Waals surface area contributed by atoms with Crippen molar-refractivity contribution in [1.82, 2.24) is 4.98 Å². The van der Waals surface area contributed by atoms with Crippen LogP contribution in [-0.2, 0) is 16.4 Å². The minimum Gasteiger partial charge on any atom is -0.493 e. The number of hydrogen-bond acceptors (Lipinski definition) is 5. The molecule has 200 valence electrons. The van der Waals surface area contributed by atoms with Gasteiger partial charge in [-0.3, -0.25) is 9.78 Å². The molecule has 0 aliphatic heterocycles. The van der Waals surface area contributed by atoms with Gasteiger partial charge in [0.25, 0.3) is 0 Å². The van der Waals surface area contributed by atoms with Crippen molar-refractivity contribution in [1.29, 1.82) is 0 Å². The van der Waals surface area contributed by atoms with Crippen molar-refractivity contribution in [3.63, 3.8) is 0 Å². The lowest BCUT2D eigenvalue weighted by Crippen LogP contribution is -2.43. The second kappa shape index (κ2) is 9.81. The van der Waals surface area contributed by atoms with Gasteiger partial charge in [-0.2, -0.15) is 13.2 Å². The first-order valence-corrected chi connectivity index (χ1v) is 12.1. The summed E-state index contributed by atoms with van der Waals surface area (Å²) in [5, 5.41) is 0.218. The van der Waals surface area contributed by atoms with Crippen LogP contribution >= 0.6 is 11.6 Å². The van der Waals surface area contributed by atoms with E-state index in [2.05, 4.69) is 4.98 Å². The number of ether oxygens (including phenoxy) is 3. The van der Waals surface area contributed by atoms with Crippen molar-refractivity contribution >= 4 is 34.5 Å². The zero-order chi connectivity index (χ0) is 27.9. The smallest absolute Gasteiger partial charge is 0.417 e. The van der Waals surface area contributed by atoms with Crippen LogP contribution in [0.15, 0.2) is 66.9 Å². The van der Waals surface area contributed by atoms with Gasteiger partial charge in [0.05, 0.1) is 30.3 Å². The average Bonchev–Trinajstić information content (AvgIpc) is 2.91. The molecule has 1 heterocycles. The predicted octanol–water partition coefficient (Wildman–Crippen LogP) is 6.90. The first-order chi connectivity index (χ1) is 18.6. The summed E-state index contributed by atoms with van der Waals surface area (Å²) in [6, 6.07) is 13.6. The zero-order valence-corrected chi connectivity index (χ0v) is 21.6. The van der Waals surface area contributed by atoms with Gasteiger partial charge in [-0.1, -0.05) is 35.9 Å². The Balaban J connectivity index is 1.59. The molecule has 1 aliphatic rings. The van der Waals surface area contributed by atoms with E-state index in [1.807, 2.05) is 0 Å². The lowest BCUT2D eigenvalue weighted by Gasteiger charge is -2.35. The minimum atomic E-state index is -4.70. The number of carbonyl (C=O) groups is 1. The first-order valence-electron chi connectivity index (χ1n) is 11.8. The Kier molecular flexibility index (Phi) is 6.64. The largest absolute Gasteiger partial charge is 0.493 e. The Hall–Kier alpha value is -4.24. The molecule has 10 heteroatoms. The standard InChI is InChI=1S/C29H22ClF3N2O4/c1-37-25-14-19-23(15-26(25)38-2)35-11-9-24(19)39-18-6-7-20-16(12-18)4-3-10-28(20,27(34)36)17-5-8-22(30)21(13-17)29(31,32)33/h3-9,11-15H,10H2,1-2H3,(H2,34,36). The highest BCUT2D eigenvalue weighted by Crippen LogP contribution is 2.46. The number of rotatable bonds is 6. The van der Waals surface area contributed by atoms with Crippen molar-refractivity contribution < 1.29 is 32.2 Å². The number of halogens is 4. The highest BCUT2D eigenvalue weighted by molar-refractivity contribution is 6.31. The molecule has 3 aromatic carbocycles. The number of primary amides is 1. The van der Waals surface area contributed by atoms with E-state index in [0.29, 0.717) is 45.0 Å². The number of nitrogens with two attached hydrogens (primary N) is 1. The Morgan fingerprint density at radius 3 is 2.44 bits per heavy atom. The van der Waals surface area contributed by atoms with Crippen LogP contribution in [0.5, 0.6) is 23.0 Å². The summed E-state index contributed by atoms with van der Waals surface area (Å²) in [5.74, 6) is 1.18. The molecule has 0 radical (unpaired) electrons. The van der Waals surface area contributed by atoms with Crippen molar-refractivity contribution in [2.24, 2.45) is 5.73 Å². The van der Waals surface area contributed by atoms with Crippen molar-refractivity contribution in [3.05, 3.63) is 94.1 Å². The van der Waals surface area contributed by atoms with E-state index in [-0.39, 0.29) is 12.0 Å². The number of pyridine rings is 1. The molecule has 2 N–H and O–H groups in total. The average molecular weight is 555 g/mol. The van der Waals surface area contributed by atoms with Crippen LogP contribution in [-0.4, -0.2) is 25.1 Å². The number of benzene rings is 3. The molecule has 1 aromatic heterocycles. The number of amides is 1. The van der Waals surface area contributed by atoms with Crippen LogP contribution in [0.25, 0.3) is 17.0 Å². The molecule has 0 saturated carbocycles. The molecule has 5 rings (SSSR count). The van der Waals surface area contributed by atoms with Crippen LogP contribution in [0.4, 0.5) is 13.2 Å². The number of carbonyl (C=O) groups excluding carboxylic acids is 1. The van der Waals surface area contributed by atoms with Crippen LogP contribution < -0.4 is 19.9 Å². The number of nitrogens with zero attached hydrogens (tertiary/aromatic N) is 1. The summed E-state index contributed by atoms with van der Waals surface area (Å²) < 4.78 is 57.8. The Morgan fingerprint density at radius 1 is 1.00 bits per heavy atom. The minimum absolute atomic E-state index is 0.0884. The number of fused-ring (bicyclic) bond motifs is 2. The Labute approximate surface area is 226 Å². The molecule has 0 saturated heterocycles. The summed E-state index contributed by atoms with van der Waals surface area (Å²) >= 11 is 5.83. The fourth-order valence-corrected chi connectivity index (χ4v) is 5.15. The summed E-state index contributed by atoms with van der Waals surface area (Å²) in [6.45, 7) is 0. The molecule has 0 spiro atoms. The predicted molar refractivity (Wildman–Crippen MR) is 141 cm³/mol. The van der Waals surface area contributed by atoms with Crippen LogP contribution in [0.2, 0.25) is 5.02 Å². The van der Waals surface area contributed by atoms with E-state index in [0.717, 1.165) is 12.1 Å². The van der Waals surface area contributed by atoms with Gasteiger partial charge in [0.1, 0.15) is 16.9 Å². The van der Waals surface area contributed by atoms with E-state index < -0.39 is 28.1 Å². The van der Waals surface area contributed by atoms with Gasteiger partial charge in [0.15, 0.2) is 11.5 Å². The molecule has 39 heavy (non-hydrogen) atoms. The van der Waals surface area contributed by atoms with E-state index in [1.165, 1.54) is 20.3 Å². The highest BCUT2D eigenvalue weighted by Gasteiger charge is 2.44. The third-order valence-electron chi connectivity index (χ3n) is 6.82. The zero-order valence-electron chi connectivity index (χ0n) is 20.8. The lowest BCUT2D eigenvalue weighted by molar-refractivity contribution is -0.137. The Morgan fingerprint density at radius 2 is 1.74 bits per heavy atom. The normalized spacial score (nSPS) is 16.6. The maximum atomic E-state index is 13.6. The molecule has 0 fully saturated rings. The van der Waals surface area contributed by atoms with Gasteiger partial charge in [0, 0.05) is 17.6 Å². The number of hydrogen-bond donors (Lipinski definition) is 1. The monoisotopic (exact) mass is 554 g/mol. The molecular formula is C29H22ClF3N2O4. The van der Waals surface area contributed by atoms with Gasteiger partial charge in [-0.25, -0.2) is 0 Å². The van der Waals surface area contributed by atoms with Gasteiger partial charge < -0.3 is 19.9 Å². The second-order valence-corrected chi connectivity index (χ2v) is 9.36. The van der Waals surface area contributed by atoms with Crippen molar-refractivity contribution in [2.45, 2.75) is 18.0 Å². The third kappa shape index (κ3) is 4.52. The maximum Gasteiger partial charge on any atom is 0.417 e. The number of aromatic nitrogens is 1. The van der Waals surface area contributed by atoms with Crippen LogP contribution in [0, 0.1) is 0 Å². The summed E-state index contributed by atoms with van der Waals surface area (Å²) in [4.78, 5) is 17.3. The molecular weight excluding hydrogens is 533 g/mol. The number of methoxy groups -OCH3 is 2. The topological polar surface area (TPSA) is 83.7 Å². The SMILES string of the molecule is COc1cc2nccc(Oc3ccc4c(c3)C=CCC4(C(N)=O)c3ccc(Cl)c(C(F)(F)F)c3)c2cc1OC. The molecule has 1 aliphatic carbocycles. The van der Waals surface area contributed by atoms with Crippen molar-refractivity contribution in [3.8, 4) is 23.0 Å². The van der Waals surface area contributed by atoms with Gasteiger partial charge in [-0.15, -0.1) is 0 Å². The van der Waals surface area contributed by atoms with E-state index >= 15 is 0 Å². The molecule has 1 atom stereocenters. The first kappa shape index (κ1) is 26.4. The summed E-state index contributed by atoms with van der Waals surface area (Å²) in [5.41, 5.74) is 5.09. The van der Waals surface area contributed by atoms with E-state index in [9.17, 15) is 18.0 Å². The van der Waals surface area contributed by atoms with Gasteiger partial charge >= 0.3 is 6.18 Å². The second-order valence-electron chi connectivity index (χ2n) is 8.95. The fourth-order valence-electron chi connectivity index (χ4n) is 4.92. The molecule has 4 aromatic rings. The Bertz CT molecular complexity index is 1640. The fraction of sp³-hybridized carbons (Fsp3) is 0.172. The van der Waals surface area contributed by atoms with Gasteiger partial charge in [0.2, 0.25) is 5.91 Å². The van der Waals surface area contributed by atoms with E-state index in [1.54, 1.807) is 54.7 Å². The highest BCUT2D eigenvalue weighted by atomic mass is 35.5. The van der Waals surface area contributed by atoms with Crippen molar-refractivity contribution in [2.75, 3.05) is 14.2 Å². The third-order valence-corrected chi connectivity index (χ3v) is 7.15. The van der Waals surface area contributed by atoms with Crippen LogP contribution in [0.1, 0.15) is 28.7 Å². The quantitative estimate of drug-likeness (QED) is 0.280. The van der Waals surface area contributed by atoms with Gasteiger partial charge in [-0.05, 0) is 59.5 Å². The molecule has 6 nitrogen and oxygen atoms in total. The summed E-state index contributed by atoms with van der Waals surface area (Å²) in [6.07, 6.45) is 0.473. The van der Waals surface area contributed by atoms with E-state index in [4.69, 9.17) is 31.5 Å². The summed E-state index contributed by atoms with van der Waals surface area (Å²) in [7, 11) is 3.06. The lowest BCUT2D eigenvalue weighted by atomic mass is 9.67. The number of allylic oxidation sites excluding steroid dienone is 1. The molecule has 0 bridgehead atoms. The molecule has 1 unspecified atom stereocenters.